The van der Waals surface area contributed by atoms with E-state index in [1.54, 1.807) is 7.11 Å². The summed E-state index contributed by atoms with van der Waals surface area (Å²) in [6.07, 6.45) is 2.85. The molecule has 0 aliphatic carbocycles. The van der Waals surface area contributed by atoms with Crippen LogP contribution in [0.2, 0.25) is 0 Å². The number of anilines is 1. The molecule has 0 aliphatic heterocycles. The third-order valence-electron chi connectivity index (χ3n) is 4.17. The summed E-state index contributed by atoms with van der Waals surface area (Å²) in [5.74, 6) is 1.55. The highest BCUT2D eigenvalue weighted by atomic mass is 16.5. The molecule has 140 valence electrons. The van der Waals surface area contributed by atoms with E-state index in [1.807, 2.05) is 49.4 Å². The number of aryl methyl sites for hydroxylation is 2. The number of ether oxygens (including phenoxy) is 2. The molecular formula is C21H28N2O3. The lowest BCUT2D eigenvalue weighted by atomic mass is 10.1. The summed E-state index contributed by atoms with van der Waals surface area (Å²) < 4.78 is 10.9. The van der Waals surface area contributed by atoms with Crippen LogP contribution in [0.3, 0.4) is 0 Å². The summed E-state index contributed by atoms with van der Waals surface area (Å²) >= 11 is 0. The Morgan fingerprint density at radius 3 is 2.65 bits per heavy atom. The minimum Gasteiger partial charge on any atom is -0.493 e. The van der Waals surface area contributed by atoms with Crippen LogP contribution < -0.4 is 20.5 Å². The van der Waals surface area contributed by atoms with Crippen LogP contribution >= 0.6 is 0 Å². The molecular weight excluding hydrogens is 328 g/mol. The van der Waals surface area contributed by atoms with Gasteiger partial charge in [0.1, 0.15) is 0 Å². The Balaban J connectivity index is 1.72. The second kappa shape index (κ2) is 10.3. The third-order valence-corrected chi connectivity index (χ3v) is 4.17. The molecule has 5 nitrogen and oxygen atoms in total. The number of hydrogen-bond acceptors (Lipinski definition) is 4. The standard InChI is InChI=1S/C21H28N2O3/c1-3-26-20-15-16(10-12-19(20)25-2)7-6-14-23-21(24)13-11-17-8-4-5-9-18(17)22/h4-5,8-10,12,15H,3,6-7,11,13-14,22H2,1-2H3,(H,23,24). The van der Waals surface area contributed by atoms with E-state index in [9.17, 15) is 4.79 Å². The van der Waals surface area contributed by atoms with E-state index in [1.165, 1.54) is 5.56 Å². The first-order valence-corrected chi connectivity index (χ1v) is 9.03. The topological polar surface area (TPSA) is 73.6 Å². The fourth-order valence-corrected chi connectivity index (χ4v) is 2.76. The van der Waals surface area contributed by atoms with Crippen molar-refractivity contribution in [2.45, 2.75) is 32.6 Å². The van der Waals surface area contributed by atoms with Crippen LogP contribution in [0, 0.1) is 0 Å². The molecule has 0 atom stereocenters. The molecule has 2 aromatic carbocycles. The number of amides is 1. The predicted molar refractivity (Wildman–Crippen MR) is 105 cm³/mol. The maximum absolute atomic E-state index is 12.0. The Bertz CT molecular complexity index is 716. The van der Waals surface area contributed by atoms with Crippen molar-refractivity contribution in [3.05, 3.63) is 53.6 Å². The first-order chi connectivity index (χ1) is 12.6. The maximum Gasteiger partial charge on any atom is 0.220 e. The largest absolute Gasteiger partial charge is 0.493 e. The molecule has 0 bridgehead atoms. The van der Waals surface area contributed by atoms with Gasteiger partial charge in [0, 0.05) is 18.7 Å². The molecule has 1 amide bonds. The van der Waals surface area contributed by atoms with Gasteiger partial charge in [-0.3, -0.25) is 4.79 Å². The predicted octanol–water partition coefficient (Wildman–Crippen LogP) is 3.36. The zero-order valence-corrected chi connectivity index (χ0v) is 15.6. The second-order valence-electron chi connectivity index (χ2n) is 6.07. The average Bonchev–Trinajstić information content (AvgIpc) is 2.65. The highest BCUT2D eigenvalue weighted by Crippen LogP contribution is 2.28. The van der Waals surface area contributed by atoms with E-state index in [0.29, 0.717) is 26.0 Å². The van der Waals surface area contributed by atoms with E-state index in [2.05, 4.69) is 5.32 Å². The summed E-state index contributed by atoms with van der Waals surface area (Å²) in [5, 5.41) is 2.97. The highest BCUT2D eigenvalue weighted by molar-refractivity contribution is 5.76. The Labute approximate surface area is 155 Å². The molecule has 5 heteroatoms. The van der Waals surface area contributed by atoms with E-state index in [0.717, 1.165) is 35.6 Å². The van der Waals surface area contributed by atoms with Gasteiger partial charge in [-0.1, -0.05) is 24.3 Å². The Morgan fingerprint density at radius 2 is 1.92 bits per heavy atom. The van der Waals surface area contributed by atoms with E-state index in [-0.39, 0.29) is 5.91 Å². The zero-order valence-electron chi connectivity index (χ0n) is 15.6. The SMILES string of the molecule is CCOc1cc(CCCNC(=O)CCc2ccccc2N)ccc1OC. The van der Waals surface area contributed by atoms with Crippen molar-refractivity contribution < 1.29 is 14.3 Å². The molecule has 0 fully saturated rings. The number of rotatable bonds is 10. The second-order valence-corrected chi connectivity index (χ2v) is 6.07. The van der Waals surface area contributed by atoms with Crippen molar-refractivity contribution in [2.24, 2.45) is 0 Å². The Hall–Kier alpha value is -2.69. The average molecular weight is 356 g/mol. The Kier molecular flexibility index (Phi) is 7.80. The van der Waals surface area contributed by atoms with Crippen molar-refractivity contribution in [3.63, 3.8) is 0 Å². The quantitative estimate of drug-likeness (QED) is 0.506. The summed E-state index contributed by atoms with van der Waals surface area (Å²) in [6.45, 7) is 3.20. The van der Waals surface area contributed by atoms with Gasteiger partial charge in [0.2, 0.25) is 5.91 Å². The molecule has 0 spiro atoms. The van der Waals surface area contributed by atoms with E-state index < -0.39 is 0 Å². The summed E-state index contributed by atoms with van der Waals surface area (Å²) in [6, 6.07) is 13.6. The van der Waals surface area contributed by atoms with Crippen LogP contribution in [0.25, 0.3) is 0 Å². The number of carbonyl (C=O) groups is 1. The molecule has 2 aromatic rings. The van der Waals surface area contributed by atoms with Crippen LogP contribution in [0.15, 0.2) is 42.5 Å². The first kappa shape index (κ1) is 19.6. The minimum absolute atomic E-state index is 0.0537. The van der Waals surface area contributed by atoms with Gasteiger partial charge in [0.25, 0.3) is 0 Å². The number of hydrogen-bond donors (Lipinski definition) is 2. The van der Waals surface area contributed by atoms with Crippen LogP contribution in [0.1, 0.15) is 30.9 Å². The fourth-order valence-electron chi connectivity index (χ4n) is 2.76. The van der Waals surface area contributed by atoms with Crippen molar-refractivity contribution >= 4 is 11.6 Å². The molecule has 2 rings (SSSR count). The maximum atomic E-state index is 12.0. The minimum atomic E-state index is 0.0537. The molecule has 0 aromatic heterocycles. The monoisotopic (exact) mass is 356 g/mol. The fraction of sp³-hybridized carbons (Fsp3) is 0.381. The molecule has 26 heavy (non-hydrogen) atoms. The molecule has 3 N–H and O–H groups in total. The van der Waals surface area contributed by atoms with Crippen LogP contribution in [-0.4, -0.2) is 26.2 Å². The number of methoxy groups -OCH3 is 1. The van der Waals surface area contributed by atoms with Crippen LogP contribution in [0.4, 0.5) is 5.69 Å². The number of nitrogen functional groups attached to an aromatic ring is 1. The van der Waals surface area contributed by atoms with Crippen molar-refractivity contribution in [3.8, 4) is 11.5 Å². The lowest BCUT2D eigenvalue weighted by Crippen LogP contribution is -2.25. The van der Waals surface area contributed by atoms with Gasteiger partial charge in [-0.15, -0.1) is 0 Å². The van der Waals surface area contributed by atoms with Crippen LogP contribution in [-0.2, 0) is 17.6 Å². The van der Waals surface area contributed by atoms with Gasteiger partial charge in [-0.25, -0.2) is 0 Å². The summed E-state index contributed by atoms with van der Waals surface area (Å²) in [7, 11) is 1.64. The molecule has 0 heterocycles. The lowest BCUT2D eigenvalue weighted by molar-refractivity contribution is -0.121. The molecule has 0 saturated carbocycles. The Morgan fingerprint density at radius 1 is 1.12 bits per heavy atom. The van der Waals surface area contributed by atoms with Gasteiger partial charge in [0.15, 0.2) is 11.5 Å². The van der Waals surface area contributed by atoms with E-state index >= 15 is 0 Å². The number of carbonyl (C=O) groups excluding carboxylic acids is 1. The van der Waals surface area contributed by atoms with Gasteiger partial charge >= 0.3 is 0 Å². The molecule has 0 radical (unpaired) electrons. The summed E-state index contributed by atoms with van der Waals surface area (Å²) in [4.78, 5) is 12.0. The number of benzene rings is 2. The number of nitrogens with one attached hydrogen (secondary N) is 1. The normalized spacial score (nSPS) is 10.4. The summed E-state index contributed by atoms with van der Waals surface area (Å²) in [5.41, 5.74) is 8.82. The number of para-hydroxylation sites is 1. The van der Waals surface area contributed by atoms with E-state index in [4.69, 9.17) is 15.2 Å². The van der Waals surface area contributed by atoms with Gasteiger partial charge in [-0.2, -0.15) is 0 Å². The molecule has 0 saturated heterocycles. The smallest absolute Gasteiger partial charge is 0.220 e. The molecule has 0 aliphatic rings. The zero-order chi connectivity index (χ0) is 18.8. The van der Waals surface area contributed by atoms with Gasteiger partial charge in [0.05, 0.1) is 13.7 Å². The van der Waals surface area contributed by atoms with Crippen LogP contribution in [0.5, 0.6) is 11.5 Å². The highest BCUT2D eigenvalue weighted by Gasteiger charge is 2.06. The van der Waals surface area contributed by atoms with Crippen molar-refractivity contribution in [1.82, 2.24) is 5.32 Å². The van der Waals surface area contributed by atoms with Gasteiger partial charge in [-0.05, 0) is 55.5 Å². The third kappa shape index (κ3) is 5.99. The van der Waals surface area contributed by atoms with Crippen molar-refractivity contribution in [1.29, 1.82) is 0 Å². The van der Waals surface area contributed by atoms with Crippen molar-refractivity contribution in [2.75, 3.05) is 26.0 Å². The molecule has 0 unspecified atom stereocenters. The first-order valence-electron chi connectivity index (χ1n) is 9.03. The lowest BCUT2D eigenvalue weighted by Gasteiger charge is -2.11. The van der Waals surface area contributed by atoms with Gasteiger partial charge < -0.3 is 20.5 Å². The number of nitrogens with two attached hydrogens (primary N) is 1.